The van der Waals surface area contributed by atoms with Crippen molar-refractivity contribution < 1.29 is 4.79 Å². The minimum absolute atomic E-state index is 0.0730. The Kier molecular flexibility index (Phi) is 4.13. The maximum Gasteiger partial charge on any atom is 0.226 e. The van der Waals surface area contributed by atoms with Crippen molar-refractivity contribution in [1.29, 1.82) is 0 Å². The summed E-state index contributed by atoms with van der Waals surface area (Å²) in [5, 5.41) is 0. The lowest BCUT2D eigenvalue weighted by molar-refractivity contribution is -0.137. The second-order valence-electron chi connectivity index (χ2n) is 5.81. The molecule has 1 aliphatic rings. The monoisotopic (exact) mass is 260 g/mol. The standard InChI is InChI=1S/C16H24N2O/c1-11-6-4-9-15(11)16(19)18(3)12(2)13-7-5-8-14(17)10-13/h5,7-8,10-12,15H,4,6,9,17H2,1-3H3. The van der Waals surface area contributed by atoms with E-state index in [4.69, 9.17) is 5.73 Å². The van der Waals surface area contributed by atoms with Crippen molar-refractivity contribution >= 4 is 11.6 Å². The van der Waals surface area contributed by atoms with E-state index < -0.39 is 0 Å². The van der Waals surface area contributed by atoms with E-state index in [-0.39, 0.29) is 17.9 Å². The molecule has 3 atom stereocenters. The van der Waals surface area contributed by atoms with Crippen molar-refractivity contribution in [3.8, 4) is 0 Å². The molecule has 3 nitrogen and oxygen atoms in total. The van der Waals surface area contributed by atoms with Crippen LogP contribution in [0.1, 0.15) is 44.7 Å². The van der Waals surface area contributed by atoms with E-state index in [9.17, 15) is 4.79 Å². The van der Waals surface area contributed by atoms with E-state index in [1.165, 1.54) is 12.8 Å². The first-order chi connectivity index (χ1) is 9.00. The molecule has 1 saturated carbocycles. The lowest BCUT2D eigenvalue weighted by atomic mass is 9.95. The molecule has 0 spiro atoms. The molecule has 3 unspecified atom stereocenters. The van der Waals surface area contributed by atoms with Crippen LogP contribution in [-0.4, -0.2) is 17.9 Å². The predicted octanol–water partition coefficient (Wildman–Crippen LogP) is 3.22. The van der Waals surface area contributed by atoms with E-state index >= 15 is 0 Å². The zero-order valence-corrected chi connectivity index (χ0v) is 12.1. The van der Waals surface area contributed by atoms with E-state index in [2.05, 4.69) is 13.8 Å². The predicted molar refractivity (Wildman–Crippen MR) is 78.5 cm³/mol. The van der Waals surface area contributed by atoms with Crippen LogP contribution in [0.3, 0.4) is 0 Å². The summed E-state index contributed by atoms with van der Waals surface area (Å²) >= 11 is 0. The van der Waals surface area contributed by atoms with Gasteiger partial charge in [-0.2, -0.15) is 0 Å². The summed E-state index contributed by atoms with van der Waals surface area (Å²) in [7, 11) is 1.90. The normalized spacial score (nSPS) is 24.2. The van der Waals surface area contributed by atoms with Crippen LogP contribution in [0.15, 0.2) is 24.3 Å². The Labute approximate surface area is 115 Å². The first-order valence-corrected chi connectivity index (χ1v) is 7.13. The van der Waals surface area contributed by atoms with Crippen molar-refractivity contribution in [2.75, 3.05) is 12.8 Å². The second kappa shape index (κ2) is 5.64. The first kappa shape index (κ1) is 13.9. The summed E-state index contributed by atoms with van der Waals surface area (Å²) in [5.41, 5.74) is 7.66. The number of benzene rings is 1. The number of hydrogen-bond donors (Lipinski definition) is 1. The number of anilines is 1. The Morgan fingerprint density at radius 3 is 2.74 bits per heavy atom. The van der Waals surface area contributed by atoms with E-state index in [0.29, 0.717) is 5.92 Å². The van der Waals surface area contributed by atoms with Crippen LogP contribution in [0.2, 0.25) is 0 Å². The molecule has 0 aliphatic heterocycles. The van der Waals surface area contributed by atoms with Gasteiger partial charge in [0.1, 0.15) is 0 Å². The molecule has 0 saturated heterocycles. The summed E-state index contributed by atoms with van der Waals surface area (Å²) < 4.78 is 0. The Bertz CT molecular complexity index is 458. The molecule has 1 aromatic rings. The Morgan fingerprint density at radius 1 is 1.42 bits per heavy atom. The first-order valence-electron chi connectivity index (χ1n) is 7.13. The van der Waals surface area contributed by atoms with Crippen LogP contribution in [-0.2, 0) is 4.79 Å². The molecular weight excluding hydrogens is 236 g/mol. The third-order valence-corrected chi connectivity index (χ3v) is 4.50. The summed E-state index contributed by atoms with van der Waals surface area (Å²) in [6, 6.07) is 7.87. The minimum atomic E-state index is 0.0730. The van der Waals surface area contributed by atoms with Gasteiger partial charge in [0.2, 0.25) is 5.91 Å². The molecular formula is C16H24N2O. The molecule has 2 N–H and O–H groups in total. The number of nitrogens with zero attached hydrogens (tertiary/aromatic N) is 1. The van der Waals surface area contributed by atoms with Crippen LogP contribution in [0.5, 0.6) is 0 Å². The molecule has 2 rings (SSSR count). The van der Waals surface area contributed by atoms with Crippen molar-refractivity contribution in [3.05, 3.63) is 29.8 Å². The fourth-order valence-electron chi connectivity index (χ4n) is 3.01. The average molecular weight is 260 g/mol. The average Bonchev–Trinajstić information content (AvgIpc) is 2.82. The molecule has 1 fully saturated rings. The number of amides is 1. The van der Waals surface area contributed by atoms with Gasteiger partial charge in [0.05, 0.1) is 6.04 Å². The number of carbonyl (C=O) groups excluding carboxylic acids is 1. The van der Waals surface area contributed by atoms with Gasteiger partial charge in [0.25, 0.3) is 0 Å². The van der Waals surface area contributed by atoms with Crippen LogP contribution in [0.4, 0.5) is 5.69 Å². The van der Waals surface area contributed by atoms with Crippen LogP contribution >= 0.6 is 0 Å². The molecule has 104 valence electrons. The summed E-state index contributed by atoms with van der Waals surface area (Å²) in [5.74, 6) is 0.997. The highest BCUT2D eigenvalue weighted by atomic mass is 16.2. The highest BCUT2D eigenvalue weighted by molar-refractivity contribution is 5.79. The van der Waals surface area contributed by atoms with Crippen molar-refractivity contribution in [3.63, 3.8) is 0 Å². The molecule has 0 radical (unpaired) electrons. The molecule has 3 heteroatoms. The lowest BCUT2D eigenvalue weighted by Gasteiger charge is -2.29. The van der Waals surface area contributed by atoms with Gasteiger partial charge >= 0.3 is 0 Å². The number of carbonyl (C=O) groups is 1. The molecule has 0 bridgehead atoms. The molecule has 1 aromatic carbocycles. The summed E-state index contributed by atoms with van der Waals surface area (Å²) in [6.45, 7) is 4.25. The van der Waals surface area contributed by atoms with Crippen molar-refractivity contribution in [1.82, 2.24) is 4.90 Å². The number of hydrogen-bond acceptors (Lipinski definition) is 2. The second-order valence-corrected chi connectivity index (χ2v) is 5.81. The number of rotatable bonds is 3. The van der Waals surface area contributed by atoms with Crippen LogP contribution < -0.4 is 5.73 Å². The SMILES string of the molecule is CC1CCCC1C(=O)N(C)C(C)c1cccc(N)c1. The van der Waals surface area contributed by atoms with E-state index in [1.54, 1.807) is 0 Å². The maximum absolute atomic E-state index is 12.6. The highest BCUT2D eigenvalue weighted by Gasteiger charge is 2.33. The molecule has 19 heavy (non-hydrogen) atoms. The van der Waals surface area contributed by atoms with Crippen LogP contribution in [0.25, 0.3) is 0 Å². The molecule has 0 heterocycles. The fraction of sp³-hybridized carbons (Fsp3) is 0.562. The Balaban J connectivity index is 2.10. The zero-order chi connectivity index (χ0) is 14.0. The van der Waals surface area contributed by atoms with Gasteiger partial charge in [-0.15, -0.1) is 0 Å². The zero-order valence-electron chi connectivity index (χ0n) is 12.1. The Hall–Kier alpha value is -1.51. The maximum atomic E-state index is 12.6. The molecule has 1 amide bonds. The lowest BCUT2D eigenvalue weighted by Crippen LogP contribution is -2.36. The summed E-state index contributed by atoms with van der Waals surface area (Å²) in [4.78, 5) is 14.4. The minimum Gasteiger partial charge on any atom is -0.399 e. The number of nitrogens with two attached hydrogens (primary N) is 1. The van der Waals surface area contributed by atoms with Gasteiger partial charge in [-0.25, -0.2) is 0 Å². The van der Waals surface area contributed by atoms with Gasteiger partial charge < -0.3 is 10.6 Å². The number of nitrogen functional groups attached to an aromatic ring is 1. The quantitative estimate of drug-likeness (QED) is 0.848. The fourth-order valence-corrected chi connectivity index (χ4v) is 3.01. The van der Waals surface area contributed by atoms with E-state index in [1.807, 2.05) is 36.2 Å². The third-order valence-electron chi connectivity index (χ3n) is 4.50. The van der Waals surface area contributed by atoms with Gasteiger partial charge in [-0.3, -0.25) is 4.79 Å². The summed E-state index contributed by atoms with van der Waals surface area (Å²) in [6.07, 6.45) is 3.39. The van der Waals surface area contributed by atoms with Gasteiger partial charge in [0, 0.05) is 18.7 Å². The van der Waals surface area contributed by atoms with Gasteiger partial charge in [-0.05, 0) is 43.4 Å². The third kappa shape index (κ3) is 2.91. The molecule has 0 aromatic heterocycles. The Morgan fingerprint density at radius 2 is 2.16 bits per heavy atom. The molecule has 1 aliphatic carbocycles. The van der Waals surface area contributed by atoms with Gasteiger partial charge in [-0.1, -0.05) is 25.5 Å². The topological polar surface area (TPSA) is 46.3 Å². The van der Waals surface area contributed by atoms with Crippen molar-refractivity contribution in [2.24, 2.45) is 11.8 Å². The highest BCUT2D eigenvalue weighted by Crippen LogP contribution is 2.34. The largest absolute Gasteiger partial charge is 0.399 e. The van der Waals surface area contributed by atoms with Crippen LogP contribution in [0, 0.1) is 11.8 Å². The van der Waals surface area contributed by atoms with Gasteiger partial charge in [0.15, 0.2) is 0 Å². The van der Waals surface area contributed by atoms with Crippen molar-refractivity contribution in [2.45, 2.75) is 39.2 Å². The smallest absolute Gasteiger partial charge is 0.226 e. The van der Waals surface area contributed by atoms with E-state index in [0.717, 1.165) is 17.7 Å².